The Balaban J connectivity index is 1.96. The lowest BCUT2D eigenvalue weighted by Gasteiger charge is -2.19. The number of likely N-dealkylation sites (N-methyl/N-ethyl adjacent to an activating group) is 1. The number of hydrogen-bond donors (Lipinski definition) is 1. The highest BCUT2D eigenvalue weighted by Gasteiger charge is 2.21. The largest absolute Gasteiger partial charge is 0.478 e. The van der Waals surface area contributed by atoms with Crippen LogP contribution in [0.15, 0.2) is 12.1 Å². The minimum absolute atomic E-state index is 0.300. The highest BCUT2D eigenvalue weighted by Crippen LogP contribution is 2.28. The molecule has 1 fully saturated rings. The summed E-state index contributed by atoms with van der Waals surface area (Å²) in [4.78, 5) is 17.7. The molecule has 1 heterocycles. The van der Waals surface area contributed by atoms with E-state index >= 15 is 0 Å². The zero-order valence-electron chi connectivity index (χ0n) is 12.8. The molecule has 116 valence electrons. The number of aromatic carboxylic acids is 1. The number of carboxylic acids is 1. The SMILES string of the molecule is CCCc1cc(C(=O)O)cc(N(C)CCOCC2CC2)n1. The summed E-state index contributed by atoms with van der Waals surface area (Å²) in [5, 5.41) is 9.19. The van der Waals surface area contributed by atoms with E-state index in [2.05, 4.69) is 11.9 Å². The molecule has 0 amide bonds. The predicted molar refractivity (Wildman–Crippen MR) is 82.0 cm³/mol. The van der Waals surface area contributed by atoms with Gasteiger partial charge in [-0.25, -0.2) is 9.78 Å². The summed E-state index contributed by atoms with van der Waals surface area (Å²) in [5.41, 5.74) is 1.13. The number of aromatic nitrogens is 1. The summed E-state index contributed by atoms with van der Waals surface area (Å²) in [7, 11) is 1.92. The summed E-state index contributed by atoms with van der Waals surface area (Å²) >= 11 is 0. The number of hydrogen-bond acceptors (Lipinski definition) is 4. The van der Waals surface area contributed by atoms with E-state index in [0.717, 1.165) is 31.1 Å². The molecule has 0 aliphatic heterocycles. The van der Waals surface area contributed by atoms with Crippen LogP contribution >= 0.6 is 0 Å². The monoisotopic (exact) mass is 292 g/mol. The van der Waals surface area contributed by atoms with Crippen molar-refractivity contribution in [2.45, 2.75) is 32.6 Å². The Kier molecular flexibility index (Phi) is 5.56. The second kappa shape index (κ2) is 7.41. The van der Waals surface area contributed by atoms with Crippen LogP contribution in [0.5, 0.6) is 0 Å². The van der Waals surface area contributed by atoms with Crippen molar-refractivity contribution in [2.75, 3.05) is 31.7 Å². The van der Waals surface area contributed by atoms with Gasteiger partial charge in [-0.2, -0.15) is 0 Å². The molecule has 1 aromatic rings. The third-order valence-electron chi connectivity index (χ3n) is 3.63. The van der Waals surface area contributed by atoms with Gasteiger partial charge in [0.05, 0.1) is 12.2 Å². The lowest BCUT2D eigenvalue weighted by atomic mass is 10.1. The second-order valence-corrected chi connectivity index (χ2v) is 5.70. The first-order chi connectivity index (χ1) is 10.1. The highest BCUT2D eigenvalue weighted by atomic mass is 16.5. The Bertz CT molecular complexity index is 486. The number of ether oxygens (including phenoxy) is 1. The van der Waals surface area contributed by atoms with Crippen LogP contribution in [0.25, 0.3) is 0 Å². The van der Waals surface area contributed by atoms with Gasteiger partial charge in [-0.3, -0.25) is 0 Å². The second-order valence-electron chi connectivity index (χ2n) is 5.70. The normalized spacial score (nSPS) is 14.2. The van der Waals surface area contributed by atoms with Gasteiger partial charge in [-0.05, 0) is 37.3 Å². The molecule has 0 aromatic carbocycles. The molecule has 2 rings (SSSR count). The lowest BCUT2D eigenvalue weighted by Crippen LogP contribution is -2.24. The van der Waals surface area contributed by atoms with E-state index in [4.69, 9.17) is 4.74 Å². The lowest BCUT2D eigenvalue weighted by molar-refractivity contribution is 0.0696. The molecule has 1 aliphatic carbocycles. The number of carbonyl (C=O) groups is 1. The molecular weight excluding hydrogens is 268 g/mol. The van der Waals surface area contributed by atoms with Crippen molar-refractivity contribution in [3.63, 3.8) is 0 Å². The zero-order chi connectivity index (χ0) is 15.2. The third kappa shape index (κ3) is 5.01. The smallest absolute Gasteiger partial charge is 0.335 e. The molecule has 0 atom stereocenters. The first-order valence-electron chi connectivity index (χ1n) is 7.63. The molecule has 0 radical (unpaired) electrons. The maximum atomic E-state index is 11.2. The quantitative estimate of drug-likeness (QED) is 0.709. The Morgan fingerprint density at radius 1 is 1.48 bits per heavy atom. The summed E-state index contributed by atoms with van der Waals surface area (Å²) < 4.78 is 5.62. The Morgan fingerprint density at radius 3 is 2.86 bits per heavy atom. The fourth-order valence-corrected chi connectivity index (χ4v) is 2.13. The number of aryl methyl sites for hydroxylation is 1. The van der Waals surface area contributed by atoms with Gasteiger partial charge in [-0.15, -0.1) is 0 Å². The molecule has 0 saturated heterocycles. The van der Waals surface area contributed by atoms with Crippen LogP contribution in [0.2, 0.25) is 0 Å². The summed E-state index contributed by atoms with van der Waals surface area (Å²) in [6, 6.07) is 3.29. The molecule has 1 saturated carbocycles. The molecule has 0 bridgehead atoms. The zero-order valence-corrected chi connectivity index (χ0v) is 12.8. The average molecular weight is 292 g/mol. The van der Waals surface area contributed by atoms with Gasteiger partial charge in [0.1, 0.15) is 5.82 Å². The van der Waals surface area contributed by atoms with Crippen molar-refractivity contribution in [1.82, 2.24) is 4.98 Å². The van der Waals surface area contributed by atoms with Crippen molar-refractivity contribution in [1.29, 1.82) is 0 Å². The molecule has 5 heteroatoms. The average Bonchev–Trinajstić information content (AvgIpc) is 3.27. The van der Waals surface area contributed by atoms with E-state index in [1.54, 1.807) is 12.1 Å². The van der Waals surface area contributed by atoms with Crippen molar-refractivity contribution >= 4 is 11.8 Å². The fourth-order valence-electron chi connectivity index (χ4n) is 2.13. The van der Waals surface area contributed by atoms with Crippen molar-refractivity contribution in [3.8, 4) is 0 Å². The van der Waals surface area contributed by atoms with Crippen molar-refractivity contribution < 1.29 is 14.6 Å². The number of rotatable bonds is 9. The van der Waals surface area contributed by atoms with Gasteiger partial charge in [0, 0.05) is 25.9 Å². The summed E-state index contributed by atoms with van der Waals surface area (Å²) in [5.74, 6) is 0.558. The van der Waals surface area contributed by atoms with E-state index in [1.807, 2.05) is 11.9 Å². The first kappa shape index (κ1) is 15.8. The van der Waals surface area contributed by atoms with E-state index in [-0.39, 0.29) is 0 Å². The molecule has 5 nitrogen and oxygen atoms in total. The Labute approximate surface area is 125 Å². The standard InChI is InChI=1S/C16H24N2O3/c1-3-4-14-9-13(16(19)20)10-15(17-14)18(2)7-8-21-11-12-5-6-12/h9-10,12H,3-8,11H2,1-2H3,(H,19,20). The summed E-state index contributed by atoms with van der Waals surface area (Å²) in [6.45, 7) is 4.27. The van der Waals surface area contributed by atoms with Crippen LogP contribution in [0.3, 0.4) is 0 Å². The molecule has 1 aliphatic rings. The molecule has 1 N–H and O–H groups in total. The number of pyridine rings is 1. The van der Waals surface area contributed by atoms with Crippen molar-refractivity contribution in [3.05, 3.63) is 23.4 Å². The van der Waals surface area contributed by atoms with Gasteiger partial charge < -0.3 is 14.7 Å². The summed E-state index contributed by atoms with van der Waals surface area (Å²) in [6.07, 6.45) is 4.32. The maximum Gasteiger partial charge on any atom is 0.335 e. The molecule has 0 spiro atoms. The number of carboxylic acid groups (broad SMARTS) is 1. The number of anilines is 1. The maximum absolute atomic E-state index is 11.2. The minimum Gasteiger partial charge on any atom is -0.478 e. The molecule has 1 aromatic heterocycles. The van der Waals surface area contributed by atoms with Crippen LogP contribution in [0.4, 0.5) is 5.82 Å². The van der Waals surface area contributed by atoms with Crippen LogP contribution < -0.4 is 4.90 Å². The highest BCUT2D eigenvalue weighted by molar-refractivity contribution is 5.88. The Morgan fingerprint density at radius 2 is 2.24 bits per heavy atom. The fraction of sp³-hybridized carbons (Fsp3) is 0.625. The van der Waals surface area contributed by atoms with Crippen molar-refractivity contribution in [2.24, 2.45) is 5.92 Å². The first-order valence-corrected chi connectivity index (χ1v) is 7.63. The number of nitrogens with zero attached hydrogens (tertiary/aromatic N) is 2. The van der Waals surface area contributed by atoms with E-state index in [0.29, 0.717) is 24.5 Å². The topological polar surface area (TPSA) is 62.7 Å². The van der Waals surface area contributed by atoms with Gasteiger partial charge in [-0.1, -0.05) is 13.3 Å². The van der Waals surface area contributed by atoms with E-state index < -0.39 is 5.97 Å². The third-order valence-corrected chi connectivity index (χ3v) is 3.63. The van der Waals surface area contributed by atoms with Gasteiger partial charge >= 0.3 is 5.97 Å². The molecular formula is C16H24N2O3. The van der Waals surface area contributed by atoms with Gasteiger partial charge in [0.15, 0.2) is 0 Å². The molecule has 0 unspecified atom stereocenters. The van der Waals surface area contributed by atoms with E-state index in [9.17, 15) is 9.90 Å². The van der Waals surface area contributed by atoms with Gasteiger partial charge in [0.2, 0.25) is 0 Å². The van der Waals surface area contributed by atoms with Crippen LogP contribution in [0.1, 0.15) is 42.2 Å². The minimum atomic E-state index is -0.908. The van der Waals surface area contributed by atoms with Crippen LogP contribution in [0, 0.1) is 5.92 Å². The van der Waals surface area contributed by atoms with E-state index in [1.165, 1.54) is 12.8 Å². The molecule has 21 heavy (non-hydrogen) atoms. The van der Waals surface area contributed by atoms with Crippen LogP contribution in [-0.4, -0.2) is 42.9 Å². The van der Waals surface area contributed by atoms with Gasteiger partial charge in [0.25, 0.3) is 0 Å². The Hall–Kier alpha value is -1.62. The van der Waals surface area contributed by atoms with Crippen LogP contribution in [-0.2, 0) is 11.2 Å². The predicted octanol–water partition coefficient (Wildman–Crippen LogP) is 2.60.